The molecule has 0 fully saturated rings. The maximum absolute atomic E-state index is 11.5. The maximum atomic E-state index is 11.5. The van der Waals surface area contributed by atoms with E-state index in [1.165, 1.54) is 12.1 Å². The molecule has 4 aromatic rings. The van der Waals surface area contributed by atoms with Gasteiger partial charge in [-0.15, -0.1) is 0 Å². The third kappa shape index (κ3) is 2.73. The van der Waals surface area contributed by atoms with E-state index in [2.05, 4.69) is 0 Å². The van der Waals surface area contributed by atoms with Crippen LogP contribution in [0.15, 0.2) is 72.0 Å². The first-order valence-corrected chi connectivity index (χ1v) is 9.21. The Balaban J connectivity index is 1.97. The maximum Gasteiger partial charge on any atom is 0.238 e. The van der Waals surface area contributed by atoms with Gasteiger partial charge in [-0.05, 0) is 35.9 Å². The number of benzene rings is 1. The first kappa shape index (κ1) is 15.6. The number of aromatic nitrogens is 3. The highest BCUT2D eigenvalue weighted by molar-refractivity contribution is 7.89. The molecule has 0 aliphatic rings. The third-order valence-electron chi connectivity index (χ3n) is 4.12. The Morgan fingerprint density at radius 3 is 2.36 bits per heavy atom. The summed E-state index contributed by atoms with van der Waals surface area (Å²) in [6, 6.07) is 14.4. The van der Waals surface area contributed by atoms with Gasteiger partial charge >= 0.3 is 0 Å². The minimum Gasteiger partial charge on any atom is -0.357 e. The average Bonchev–Trinajstić information content (AvgIpc) is 3.17. The van der Waals surface area contributed by atoms with Crippen molar-refractivity contribution in [1.29, 1.82) is 0 Å². The van der Waals surface area contributed by atoms with Crippen LogP contribution in [0.5, 0.6) is 0 Å². The van der Waals surface area contributed by atoms with Gasteiger partial charge in [0.2, 0.25) is 10.0 Å². The van der Waals surface area contributed by atoms with Crippen LogP contribution >= 0.6 is 0 Å². The Labute approximate surface area is 145 Å². The summed E-state index contributed by atoms with van der Waals surface area (Å²) in [5, 5.41) is 9.90. The van der Waals surface area contributed by atoms with Crippen molar-refractivity contribution in [1.82, 2.24) is 14.2 Å². The number of hydrogen-bond acceptors (Lipinski definition) is 3. The molecule has 0 radical (unpaired) electrons. The smallest absolute Gasteiger partial charge is 0.238 e. The molecular weight excluding hydrogens is 336 g/mol. The zero-order valence-electron chi connectivity index (χ0n) is 13.5. The summed E-state index contributed by atoms with van der Waals surface area (Å²) in [6.45, 7) is 0. The predicted molar refractivity (Wildman–Crippen MR) is 96.4 cm³/mol. The van der Waals surface area contributed by atoms with Crippen LogP contribution in [-0.4, -0.2) is 22.6 Å². The monoisotopic (exact) mass is 352 g/mol. The normalized spacial score (nSPS) is 11.9. The molecule has 0 saturated heterocycles. The molecule has 126 valence electrons. The molecule has 0 saturated carbocycles. The first-order valence-electron chi connectivity index (χ1n) is 7.66. The average molecular weight is 352 g/mol. The van der Waals surface area contributed by atoms with Crippen LogP contribution < -0.4 is 5.14 Å². The Hall–Kier alpha value is -2.90. The van der Waals surface area contributed by atoms with Gasteiger partial charge in [0.1, 0.15) is 5.69 Å². The second-order valence-corrected chi connectivity index (χ2v) is 7.45. The molecule has 7 heteroatoms. The Kier molecular flexibility index (Phi) is 3.48. The highest BCUT2D eigenvalue weighted by Crippen LogP contribution is 2.35. The van der Waals surface area contributed by atoms with Crippen molar-refractivity contribution in [3.8, 4) is 22.4 Å². The highest BCUT2D eigenvalue weighted by atomic mass is 32.2. The van der Waals surface area contributed by atoms with Crippen molar-refractivity contribution >= 4 is 15.5 Å². The van der Waals surface area contributed by atoms with Gasteiger partial charge in [-0.1, -0.05) is 18.2 Å². The van der Waals surface area contributed by atoms with E-state index in [0.717, 1.165) is 27.9 Å². The summed E-state index contributed by atoms with van der Waals surface area (Å²) in [5.74, 6) is 0. The van der Waals surface area contributed by atoms with E-state index >= 15 is 0 Å². The minimum absolute atomic E-state index is 0.0917. The number of primary sulfonamides is 1. The predicted octanol–water partition coefficient (Wildman–Crippen LogP) is 2.65. The Bertz CT molecular complexity index is 1170. The number of sulfonamides is 1. The van der Waals surface area contributed by atoms with Crippen LogP contribution in [0.4, 0.5) is 0 Å². The number of rotatable bonds is 3. The van der Waals surface area contributed by atoms with Gasteiger partial charge in [0.05, 0.1) is 10.4 Å². The van der Waals surface area contributed by atoms with Crippen molar-refractivity contribution in [3.63, 3.8) is 0 Å². The fourth-order valence-corrected chi connectivity index (χ4v) is 3.46. The molecule has 3 aromatic heterocycles. The standard InChI is InChI=1S/C18H16N4O2S/c1-21-11-9-14(12-21)18-17(16-4-2-3-10-22(16)20-18)13-5-7-15(8-6-13)25(19,23)24/h2-12H,1H3,(H2,19,23,24). The molecule has 6 nitrogen and oxygen atoms in total. The second kappa shape index (κ2) is 5.58. The molecule has 0 aliphatic carbocycles. The number of pyridine rings is 1. The van der Waals surface area contributed by atoms with E-state index in [-0.39, 0.29) is 4.90 Å². The van der Waals surface area contributed by atoms with Crippen molar-refractivity contribution in [3.05, 3.63) is 67.1 Å². The van der Waals surface area contributed by atoms with E-state index in [9.17, 15) is 8.42 Å². The molecule has 4 rings (SSSR count). The van der Waals surface area contributed by atoms with Gasteiger partial charge in [0, 0.05) is 36.8 Å². The van der Waals surface area contributed by atoms with Crippen LogP contribution in [0, 0.1) is 0 Å². The molecule has 25 heavy (non-hydrogen) atoms. The van der Waals surface area contributed by atoms with Gasteiger partial charge < -0.3 is 4.57 Å². The van der Waals surface area contributed by atoms with E-state index < -0.39 is 10.0 Å². The third-order valence-corrected chi connectivity index (χ3v) is 5.05. The van der Waals surface area contributed by atoms with Crippen molar-refractivity contribution in [2.24, 2.45) is 12.2 Å². The summed E-state index contributed by atoms with van der Waals surface area (Å²) in [6.07, 6.45) is 5.86. The first-order chi connectivity index (χ1) is 11.9. The summed E-state index contributed by atoms with van der Waals surface area (Å²) < 4.78 is 26.8. The number of aryl methyl sites for hydroxylation is 1. The molecule has 0 spiro atoms. The van der Waals surface area contributed by atoms with Crippen LogP contribution in [0.3, 0.4) is 0 Å². The Morgan fingerprint density at radius 1 is 0.960 bits per heavy atom. The number of hydrogen-bond donors (Lipinski definition) is 1. The van der Waals surface area contributed by atoms with E-state index in [0.29, 0.717) is 0 Å². The van der Waals surface area contributed by atoms with Crippen LogP contribution in [0.2, 0.25) is 0 Å². The van der Waals surface area contributed by atoms with Gasteiger partial charge in [-0.3, -0.25) is 0 Å². The van der Waals surface area contributed by atoms with Gasteiger partial charge in [0.15, 0.2) is 0 Å². The lowest BCUT2D eigenvalue weighted by Gasteiger charge is -2.04. The SMILES string of the molecule is Cn1ccc(-c2nn3ccccc3c2-c2ccc(S(N)(=O)=O)cc2)c1. The van der Waals surface area contributed by atoms with Crippen LogP contribution in [0.25, 0.3) is 27.9 Å². The molecule has 3 heterocycles. The minimum atomic E-state index is -3.71. The van der Waals surface area contributed by atoms with E-state index in [4.69, 9.17) is 10.2 Å². The lowest BCUT2D eigenvalue weighted by molar-refractivity contribution is 0.598. The summed E-state index contributed by atoms with van der Waals surface area (Å²) in [7, 11) is -1.76. The molecule has 2 N–H and O–H groups in total. The molecule has 0 atom stereocenters. The fraction of sp³-hybridized carbons (Fsp3) is 0.0556. The zero-order valence-corrected chi connectivity index (χ0v) is 14.3. The van der Waals surface area contributed by atoms with E-state index in [1.54, 1.807) is 12.1 Å². The molecule has 0 bridgehead atoms. The van der Waals surface area contributed by atoms with Crippen molar-refractivity contribution < 1.29 is 8.42 Å². The molecule has 0 amide bonds. The van der Waals surface area contributed by atoms with Crippen LogP contribution in [0.1, 0.15) is 0 Å². The number of nitrogens with two attached hydrogens (primary N) is 1. The van der Waals surface area contributed by atoms with Crippen molar-refractivity contribution in [2.45, 2.75) is 4.90 Å². The van der Waals surface area contributed by atoms with Crippen LogP contribution in [-0.2, 0) is 17.1 Å². The van der Waals surface area contributed by atoms with Crippen molar-refractivity contribution in [2.75, 3.05) is 0 Å². The number of nitrogens with zero attached hydrogens (tertiary/aromatic N) is 3. The summed E-state index contributed by atoms with van der Waals surface area (Å²) >= 11 is 0. The highest BCUT2D eigenvalue weighted by Gasteiger charge is 2.17. The zero-order chi connectivity index (χ0) is 17.6. The van der Waals surface area contributed by atoms with Gasteiger partial charge in [-0.25, -0.2) is 18.1 Å². The molecule has 0 unspecified atom stereocenters. The van der Waals surface area contributed by atoms with Gasteiger partial charge in [0.25, 0.3) is 0 Å². The topological polar surface area (TPSA) is 82.4 Å². The molecular formula is C18H16N4O2S. The second-order valence-electron chi connectivity index (χ2n) is 5.89. The number of fused-ring (bicyclic) bond motifs is 1. The lowest BCUT2D eigenvalue weighted by atomic mass is 10.0. The largest absolute Gasteiger partial charge is 0.357 e. The fourth-order valence-electron chi connectivity index (χ4n) is 2.94. The lowest BCUT2D eigenvalue weighted by Crippen LogP contribution is -2.11. The molecule has 1 aromatic carbocycles. The van der Waals surface area contributed by atoms with E-state index in [1.807, 2.05) is 59.0 Å². The summed E-state index contributed by atoms with van der Waals surface area (Å²) in [4.78, 5) is 0.0917. The van der Waals surface area contributed by atoms with Gasteiger partial charge in [-0.2, -0.15) is 5.10 Å². The quantitative estimate of drug-likeness (QED) is 0.615. The Morgan fingerprint density at radius 2 is 1.72 bits per heavy atom. The molecule has 0 aliphatic heterocycles. The summed E-state index contributed by atoms with van der Waals surface area (Å²) in [5.41, 5.74) is 4.62.